The van der Waals surface area contributed by atoms with E-state index < -0.39 is 23.9 Å². The van der Waals surface area contributed by atoms with Crippen molar-refractivity contribution in [3.05, 3.63) is 11.4 Å². The molecule has 2 fully saturated rings. The van der Waals surface area contributed by atoms with Gasteiger partial charge in [-0.15, -0.1) is 10.2 Å². The number of nitrogens with zero attached hydrogens (tertiary/aromatic N) is 4. The summed E-state index contributed by atoms with van der Waals surface area (Å²) in [6.45, 7) is 2.61. The normalized spacial score (nSPS) is 26.4. The standard InChI is InChI=1S/C17H25F3N6O2/c1-28-5-4-26-3-2-10(9-26)14-13(24-25-16(21)23-14)7-11-6-12(17(18,19)20)8-22-15(11)27/h10-12H,2-9H2,1H3,(H,22,27)(H2,21,23,25)/t10?,11-,12-/m1/s1. The third-order valence-corrected chi connectivity index (χ3v) is 5.44. The molecule has 1 aromatic rings. The number of ether oxygens (including phenoxy) is 1. The summed E-state index contributed by atoms with van der Waals surface area (Å²) in [4.78, 5) is 18.7. The Balaban J connectivity index is 1.75. The van der Waals surface area contributed by atoms with E-state index in [1.807, 2.05) is 0 Å². The minimum atomic E-state index is -4.34. The first kappa shape index (κ1) is 20.7. The number of piperidine rings is 1. The molecule has 3 atom stereocenters. The topological polar surface area (TPSA) is 106 Å². The molecule has 3 rings (SSSR count). The Labute approximate surface area is 161 Å². The van der Waals surface area contributed by atoms with Crippen molar-refractivity contribution in [3.8, 4) is 0 Å². The van der Waals surface area contributed by atoms with Crippen molar-refractivity contribution in [2.45, 2.75) is 31.4 Å². The first-order valence-electron chi connectivity index (χ1n) is 9.32. The second-order valence-electron chi connectivity index (χ2n) is 7.40. The van der Waals surface area contributed by atoms with Gasteiger partial charge in [0.15, 0.2) is 0 Å². The number of amides is 1. The molecule has 2 saturated heterocycles. The molecule has 0 aliphatic carbocycles. The number of aromatic nitrogens is 3. The molecule has 2 aliphatic rings. The Morgan fingerprint density at radius 2 is 2.14 bits per heavy atom. The average molecular weight is 402 g/mol. The Morgan fingerprint density at radius 1 is 1.36 bits per heavy atom. The molecular formula is C17H25F3N6O2. The Kier molecular flexibility index (Phi) is 6.33. The summed E-state index contributed by atoms with van der Waals surface area (Å²) in [5, 5.41) is 10.2. The van der Waals surface area contributed by atoms with Crippen molar-refractivity contribution in [1.29, 1.82) is 0 Å². The summed E-state index contributed by atoms with van der Waals surface area (Å²) < 4.78 is 44.3. The zero-order chi connectivity index (χ0) is 20.3. The molecule has 1 aromatic heterocycles. The Hall–Kier alpha value is -2.01. The lowest BCUT2D eigenvalue weighted by atomic mass is 9.85. The van der Waals surface area contributed by atoms with Gasteiger partial charge in [0.1, 0.15) is 0 Å². The fraction of sp³-hybridized carbons (Fsp3) is 0.765. The lowest BCUT2D eigenvalue weighted by molar-refractivity contribution is -0.183. The molecule has 1 amide bonds. The molecule has 0 aromatic carbocycles. The summed E-state index contributed by atoms with van der Waals surface area (Å²) >= 11 is 0. The fourth-order valence-corrected chi connectivity index (χ4v) is 3.89. The van der Waals surface area contributed by atoms with E-state index in [0.29, 0.717) is 18.0 Å². The van der Waals surface area contributed by atoms with Crippen LogP contribution in [0.1, 0.15) is 30.1 Å². The van der Waals surface area contributed by atoms with Gasteiger partial charge >= 0.3 is 6.18 Å². The van der Waals surface area contributed by atoms with E-state index in [-0.39, 0.29) is 31.3 Å². The van der Waals surface area contributed by atoms with Crippen LogP contribution < -0.4 is 11.1 Å². The first-order chi connectivity index (χ1) is 13.3. The van der Waals surface area contributed by atoms with Crippen LogP contribution in [0.15, 0.2) is 0 Å². The minimum Gasteiger partial charge on any atom is -0.383 e. The van der Waals surface area contributed by atoms with Gasteiger partial charge in [0.2, 0.25) is 11.9 Å². The van der Waals surface area contributed by atoms with Crippen molar-refractivity contribution in [2.24, 2.45) is 11.8 Å². The Bertz CT molecular complexity index is 702. The van der Waals surface area contributed by atoms with E-state index in [2.05, 4.69) is 25.4 Å². The molecule has 3 heterocycles. The number of rotatable bonds is 6. The molecule has 28 heavy (non-hydrogen) atoms. The van der Waals surface area contributed by atoms with Gasteiger partial charge in [-0.2, -0.15) is 13.2 Å². The van der Waals surface area contributed by atoms with Crippen LogP contribution in [0.3, 0.4) is 0 Å². The summed E-state index contributed by atoms with van der Waals surface area (Å²) in [6, 6.07) is 0. The van der Waals surface area contributed by atoms with Gasteiger partial charge in [-0.1, -0.05) is 0 Å². The van der Waals surface area contributed by atoms with Crippen molar-refractivity contribution < 1.29 is 22.7 Å². The van der Waals surface area contributed by atoms with Crippen LogP contribution in [0.5, 0.6) is 0 Å². The lowest BCUT2D eigenvalue weighted by Gasteiger charge is -2.30. The largest absolute Gasteiger partial charge is 0.393 e. The number of carbonyl (C=O) groups is 1. The lowest BCUT2D eigenvalue weighted by Crippen LogP contribution is -2.47. The minimum absolute atomic E-state index is 0.0235. The molecule has 1 unspecified atom stereocenters. The number of nitrogens with one attached hydrogen (secondary N) is 1. The summed E-state index contributed by atoms with van der Waals surface area (Å²) in [5.74, 6) is -2.68. The van der Waals surface area contributed by atoms with Crippen LogP contribution in [-0.2, 0) is 16.0 Å². The number of hydrogen-bond acceptors (Lipinski definition) is 7. The van der Waals surface area contributed by atoms with Crippen LogP contribution >= 0.6 is 0 Å². The summed E-state index contributed by atoms with van der Waals surface area (Å²) in [6.07, 6.45) is -3.70. The SMILES string of the molecule is COCCN1CCC(c2nc(N)nnc2C[C@H]2C[C@@H](C(F)(F)F)CNC2=O)C1. The fourth-order valence-electron chi connectivity index (χ4n) is 3.89. The van der Waals surface area contributed by atoms with E-state index in [0.717, 1.165) is 26.1 Å². The number of alkyl halides is 3. The third-order valence-electron chi connectivity index (χ3n) is 5.44. The number of carbonyl (C=O) groups excluding carboxylic acids is 1. The third kappa shape index (κ3) is 4.88. The number of halogens is 3. The maximum absolute atomic E-state index is 13.1. The predicted molar refractivity (Wildman–Crippen MR) is 94.3 cm³/mol. The van der Waals surface area contributed by atoms with E-state index in [4.69, 9.17) is 10.5 Å². The van der Waals surface area contributed by atoms with Gasteiger partial charge < -0.3 is 20.7 Å². The van der Waals surface area contributed by atoms with Crippen LogP contribution in [0.25, 0.3) is 0 Å². The molecule has 11 heteroatoms. The first-order valence-corrected chi connectivity index (χ1v) is 9.32. The number of nitrogens with two attached hydrogens (primary N) is 1. The van der Waals surface area contributed by atoms with E-state index in [9.17, 15) is 18.0 Å². The molecular weight excluding hydrogens is 377 g/mol. The number of anilines is 1. The summed E-state index contributed by atoms with van der Waals surface area (Å²) in [7, 11) is 1.64. The zero-order valence-corrected chi connectivity index (χ0v) is 15.7. The second-order valence-corrected chi connectivity index (χ2v) is 7.40. The number of methoxy groups -OCH3 is 1. The van der Waals surface area contributed by atoms with Crippen LogP contribution in [-0.4, -0.2) is 72.1 Å². The molecule has 2 aliphatic heterocycles. The highest BCUT2D eigenvalue weighted by Crippen LogP contribution is 2.35. The maximum Gasteiger partial charge on any atom is 0.393 e. The second kappa shape index (κ2) is 8.56. The smallest absolute Gasteiger partial charge is 0.383 e. The van der Waals surface area contributed by atoms with Gasteiger partial charge in [0, 0.05) is 45.0 Å². The highest BCUT2D eigenvalue weighted by molar-refractivity contribution is 5.79. The van der Waals surface area contributed by atoms with Crippen LogP contribution in [0.2, 0.25) is 0 Å². The van der Waals surface area contributed by atoms with Crippen LogP contribution in [0, 0.1) is 11.8 Å². The average Bonchev–Trinajstić information content (AvgIpc) is 3.11. The van der Waals surface area contributed by atoms with E-state index >= 15 is 0 Å². The van der Waals surface area contributed by atoms with Gasteiger partial charge in [-0.05, 0) is 19.4 Å². The van der Waals surface area contributed by atoms with E-state index in [1.54, 1.807) is 7.11 Å². The van der Waals surface area contributed by atoms with Gasteiger partial charge in [-0.3, -0.25) is 4.79 Å². The van der Waals surface area contributed by atoms with Crippen molar-refractivity contribution in [3.63, 3.8) is 0 Å². The number of nitrogen functional groups attached to an aromatic ring is 1. The monoisotopic (exact) mass is 402 g/mol. The molecule has 0 saturated carbocycles. The highest BCUT2D eigenvalue weighted by Gasteiger charge is 2.45. The maximum atomic E-state index is 13.1. The molecule has 0 bridgehead atoms. The van der Waals surface area contributed by atoms with Gasteiger partial charge in [0.05, 0.1) is 23.9 Å². The number of hydrogen-bond donors (Lipinski definition) is 2. The zero-order valence-electron chi connectivity index (χ0n) is 15.7. The number of likely N-dealkylation sites (tertiary alicyclic amines) is 1. The predicted octanol–water partition coefficient (Wildman–Crippen LogP) is 0.747. The van der Waals surface area contributed by atoms with Crippen molar-refractivity contribution in [2.75, 3.05) is 45.6 Å². The van der Waals surface area contributed by atoms with Crippen LogP contribution in [0.4, 0.5) is 19.1 Å². The Morgan fingerprint density at radius 3 is 2.86 bits per heavy atom. The summed E-state index contributed by atoms with van der Waals surface area (Å²) in [5.41, 5.74) is 6.79. The molecule has 156 valence electrons. The molecule has 3 N–H and O–H groups in total. The van der Waals surface area contributed by atoms with Gasteiger partial charge in [-0.25, -0.2) is 4.98 Å². The van der Waals surface area contributed by atoms with Crippen molar-refractivity contribution in [1.82, 2.24) is 25.4 Å². The highest BCUT2D eigenvalue weighted by atomic mass is 19.4. The quantitative estimate of drug-likeness (QED) is 0.723. The molecule has 0 radical (unpaired) electrons. The molecule has 8 nitrogen and oxygen atoms in total. The molecule has 0 spiro atoms. The van der Waals surface area contributed by atoms with E-state index in [1.165, 1.54) is 0 Å². The van der Waals surface area contributed by atoms with Crippen molar-refractivity contribution >= 4 is 11.9 Å². The van der Waals surface area contributed by atoms with Gasteiger partial charge in [0.25, 0.3) is 0 Å².